The van der Waals surface area contributed by atoms with E-state index in [9.17, 15) is 0 Å². The molecule has 192 valence electrons. The topological polar surface area (TPSA) is 56.6 Å². The molecule has 4 heterocycles. The van der Waals surface area contributed by atoms with Gasteiger partial charge in [-0.3, -0.25) is 0 Å². The molecular formula is C30H38N2O4. The SMILES string of the molecule is CC1(C)CC(C)(c2ccc(N(CC3CO3)CC3CO3)cc2)c2cc(N(CC3CO3)CC3CO3)ccc21. The molecule has 7 rings (SSSR count). The maximum absolute atomic E-state index is 5.58. The van der Waals surface area contributed by atoms with Gasteiger partial charge in [-0.2, -0.15) is 0 Å². The van der Waals surface area contributed by atoms with Gasteiger partial charge in [-0.1, -0.05) is 39.0 Å². The molecule has 0 radical (unpaired) electrons. The summed E-state index contributed by atoms with van der Waals surface area (Å²) in [5.41, 5.74) is 6.98. The highest BCUT2D eigenvalue weighted by molar-refractivity contribution is 5.61. The Morgan fingerprint density at radius 3 is 1.56 bits per heavy atom. The zero-order valence-corrected chi connectivity index (χ0v) is 21.7. The van der Waals surface area contributed by atoms with Gasteiger partial charge in [0.25, 0.3) is 0 Å². The minimum atomic E-state index is -0.0325. The maximum Gasteiger partial charge on any atom is 0.0984 e. The van der Waals surface area contributed by atoms with Gasteiger partial charge >= 0.3 is 0 Å². The minimum absolute atomic E-state index is 0.0325. The van der Waals surface area contributed by atoms with E-state index in [-0.39, 0.29) is 10.8 Å². The Kier molecular flexibility index (Phi) is 5.41. The highest BCUT2D eigenvalue weighted by Gasteiger charge is 2.46. The van der Waals surface area contributed by atoms with Gasteiger partial charge in [0.05, 0.1) is 50.8 Å². The summed E-state index contributed by atoms with van der Waals surface area (Å²) < 4.78 is 22.2. The largest absolute Gasteiger partial charge is 0.371 e. The van der Waals surface area contributed by atoms with Crippen LogP contribution in [0, 0.1) is 0 Å². The first kappa shape index (κ1) is 23.0. The van der Waals surface area contributed by atoms with Crippen molar-refractivity contribution < 1.29 is 18.9 Å². The second kappa shape index (κ2) is 8.45. The molecule has 0 N–H and O–H groups in total. The summed E-state index contributed by atoms with van der Waals surface area (Å²) in [6, 6.07) is 16.5. The van der Waals surface area contributed by atoms with Gasteiger partial charge < -0.3 is 28.7 Å². The Labute approximate surface area is 214 Å². The number of hydrogen-bond acceptors (Lipinski definition) is 6. The van der Waals surface area contributed by atoms with Crippen LogP contribution >= 0.6 is 0 Å². The number of fused-ring (bicyclic) bond motifs is 1. The first-order valence-corrected chi connectivity index (χ1v) is 13.6. The highest BCUT2D eigenvalue weighted by Crippen LogP contribution is 2.53. The zero-order valence-electron chi connectivity index (χ0n) is 21.7. The van der Waals surface area contributed by atoms with Gasteiger partial charge in [0.1, 0.15) is 0 Å². The van der Waals surface area contributed by atoms with Crippen LogP contribution in [0.25, 0.3) is 0 Å². The van der Waals surface area contributed by atoms with Gasteiger partial charge in [0, 0.05) is 43.0 Å². The van der Waals surface area contributed by atoms with Gasteiger partial charge in [0.15, 0.2) is 0 Å². The molecule has 0 spiro atoms. The number of anilines is 2. The Morgan fingerprint density at radius 1 is 0.639 bits per heavy atom. The molecule has 4 fully saturated rings. The zero-order chi connectivity index (χ0) is 24.5. The Morgan fingerprint density at radius 2 is 1.08 bits per heavy atom. The third-order valence-electron chi connectivity index (χ3n) is 8.66. The van der Waals surface area contributed by atoms with E-state index in [0.29, 0.717) is 24.4 Å². The van der Waals surface area contributed by atoms with Crippen LogP contribution in [-0.4, -0.2) is 77.0 Å². The molecule has 0 saturated carbocycles. The molecule has 6 nitrogen and oxygen atoms in total. The van der Waals surface area contributed by atoms with Crippen molar-refractivity contribution in [2.75, 3.05) is 62.4 Å². The summed E-state index contributed by atoms with van der Waals surface area (Å²) in [5.74, 6) is 0. The van der Waals surface area contributed by atoms with Crippen LogP contribution in [0.4, 0.5) is 11.4 Å². The van der Waals surface area contributed by atoms with Crippen LogP contribution in [-0.2, 0) is 29.8 Å². The molecule has 0 aromatic heterocycles. The van der Waals surface area contributed by atoms with Crippen LogP contribution in [0.15, 0.2) is 42.5 Å². The normalized spacial score (nSPS) is 32.6. The van der Waals surface area contributed by atoms with Crippen molar-refractivity contribution in [1.82, 2.24) is 0 Å². The lowest BCUT2D eigenvalue weighted by Crippen LogP contribution is -2.32. The standard InChI is InChI=1S/C30H38N2O4/c1-29(2)19-30(3,20-4-6-21(7-5-20)31(11-23-15-33-23)12-24-16-34-24)28-10-22(8-9-27(28)29)32(13-25-17-35-25)14-26-18-36-26/h4-10,23-26H,11-19H2,1-3H3. The van der Waals surface area contributed by atoms with Crippen LogP contribution in [0.3, 0.4) is 0 Å². The molecule has 0 amide bonds. The van der Waals surface area contributed by atoms with Gasteiger partial charge in [-0.25, -0.2) is 0 Å². The molecule has 5 aliphatic rings. The molecule has 4 saturated heterocycles. The van der Waals surface area contributed by atoms with E-state index in [1.165, 1.54) is 28.1 Å². The molecule has 2 aromatic carbocycles. The molecule has 4 aliphatic heterocycles. The molecule has 5 unspecified atom stereocenters. The molecule has 0 bridgehead atoms. The van der Waals surface area contributed by atoms with Crippen molar-refractivity contribution in [2.45, 2.75) is 62.4 Å². The van der Waals surface area contributed by atoms with E-state index >= 15 is 0 Å². The van der Waals surface area contributed by atoms with E-state index in [0.717, 1.165) is 59.0 Å². The van der Waals surface area contributed by atoms with Crippen molar-refractivity contribution in [2.24, 2.45) is 0 Å². The lowest BCUT2D eigenvalue weighted by molar-refractivity contribution is 0.388. The van der Waals surface area contributed by atoms with Crippen molar-refractivity contribution in [1.29, 1.82) is 0 Å². The van der Waals surface area contributed by atoms with E-state index in [4.69, 9.17) is 18.9 Å². The molecule has 5 atom stereocenters. The number of nitrogens with zero attached hydrogens (tertiary/aromatic N) is 2. The van der Waals surface area contributed by atoms with E-state index in [1.54, 1.807) is 0 Å². The molecule has 6 heteroatoms. The van der Waals surface area contributed by atoms with Gasteiger partial charge in [0.2, 0.25) is 0 Å². The number of rotatable bonds is 11. The Bertz CT molecular complexity index is 1090. The smallest absolute Gasteiger partial charge is 0.0984 e. The summed E-state index contributed by atoms with van der Waals surface area (Å²) >= 11 is 0. The summed E-state index contributed by atoms with van der Waals surface area (Å²) in [6.07, 6.45) is 2.55. The quantitative estimate of drug-likeness (QED) is 0.446. The predicted molar refractivity (Wildman–Crippen MR) is 140 cm³/mol. The summed E-state index contributed by atoms with van der Waals surface area (Å²) in [7, 11) is 0. The highest BCUT2D eigenvalue weighted by atomic mass is 16.6. The lowest BCUT2D eigenvalue weighted by atomic mass is 9.75. The monoisotopic (exact) mass is 490 g/mol. The Balaban J connectivity index is 1.19. The molecule has 2 aromatic rings. The Hall–Kier alpha value is -2.12. The second-order valence-corrected chi connectivity index (χ2v) is 12.3. The van der Waals surface area contributed by atoms with Crippen molar-refractivity contribution >= 4 is 11.4 Å². The first-order chi connectivity index (χ1) is 17.4. The molecule has 36 heavy (non-hydrogen) atoms. The average molecular weight is 491 g/mol. The number of hydrogen-bond donors (Lipinski definition) is 0. The van der Waals surface area contributed by atoms with Crippen LogP contribution in [0.5, 0.6) is 0 Å². The van der Waals surface area contributed by atoms with E-state index in [1.807, 2.05) is 0 Å². The molecular weight excluding hydrogens is 452 g/mol. The fourth-order valence-corrected chi connectivity index (χ4v) is 6.40. The van der Waals surface area contributed by atoms with Crippen LogP contribution in [0.2, 0.25) is 0 Å². The van der Waals surface area contributed by atoms with Crippen molar-refractivity contribution in [3.05, 3.63) is 59.2 Å². The summed E-state index contributed by atoms with van der Waals surface area (Å²) in [5, 5.41) is 0. The molecule has 1 aliphatic carbocycles. The van der Waals surface area contributed by atoms with Crippen LogP contribution < -0.4 is 9.80 Å². The fraction of sp³-hybridized carbons (Fsp3) is 0.600. The third kappa shape index (κ3) is 4.65. The minimum Gasteiger partial charge on any atom is -0.371 e. The van der Waals surface area contributed by atoms with E-state index < -0.39 is 0 Å². The van der Waals surface area contributed by atoms with Crippen LogP contribution in [0.1, 0.15) is 43.9 Å². The van der Waals surface area contributed by atoms with Crippen molar-refractivity contribution in [3.63, 3.8) is 0 Å². The predicted octanol–water partition coefficient (Wildman–Crippen LogP) is 3.88. The second-order valence-electron chi connectivity index (χ2n) is 12.3. The van der Waals surface area contributed by atoms with Gasteiger partial charge in [-0.15, -0.1) is 0 Å². The fourth-order valence-electron chi connectivity index (χ4n) is 6.40. The van der Waals surface area contributed by atoms with Gasteiger partial charge in [-0.05, 0) is 52.8 Å². The number of benzene rings is 2. The third-order valence-corrected chi connectivity index (χ3v) is 8.66. The lowest BCUT2D eigenvalue weighted by Gasteiger charge is -2.31. The number of ether oxygens (including phenoxy) is 4. The number of epoxide rings is 4. The average Bonchev–Trinajstić information content (AvgIpc) is 3.67. The summed E-state index contributed by atoms with van der Waals surface area (Å²) in [4.78, 5) is 4.91. The first-order valence-electron chi connectivity index (χ1n) is 13.6. The maximum atomic E-state index is 5.58. The van der Waals surface area contributed by atoms with E-state index in [2.05, 4.69) is 73.0 Å². The summed E-state index contributed by atoms with van der Waals surface area (Å²) in [6.45, 7) is 14.5. The van der Waals surface area contributed by atoms with Crippen molar-refractivity contribution in [3.8, 4) is 0 Å².